The second-order valence-electron chi connectivity index (χ2n) is 7.11. The Kier molecular flexibility index (Phi) is 3.62. The molecule has 1 aliphatic carbocycles. The van der Waals surface area contributed by atoms with E-state index in [-0.39, 0.29) is 5.91 Å². The number of nitrogens with zero attached hydrogens (tertiary/aromatic N) is 5. The summed E-state index contributed by atoms with van der Waals surface area (Å²) in [5, 5.41) is 0. The van der Waals surface area contributed by atoms with E-state index in [4.69, 9.17) is 4.98 Å². The van der Waals surface area contributed by atoms with Gasteiger partial charge in [0.2, 0.25) is 0 Å². The molecule has 3 aromatic heterocycles. The minimum atomic E-state index is 0.0666. The van der Waals surface area contributed by atoms with Crippen LogP contribution in [0.25, 0.3) is 5.65 Å². The summed E-state index contributed by atoms with van der Waals surface area (Å²) in [4.78, 5) is 25.6. The number of hydrogen-bond donors (Lipinski definition) is 0. The van der Waals surface area contributed by atoms with Crippen molar-refractivity contribution in [3.05, 3.63) is 60.3 Å². The monoisotopic (exact) mass is 347 g/mol. The lowest BCUT2D eigenvalue weighted by molar-refractivity contribution is 0.0746. The van der Waals surface area contributed by atoms with Gasteiger partial charge in [-0.25, -0.2) is 4.98 Å². The van der Waals surface area contributed by atoms with Gasteiger partial charge in [0.05, 0.1) is 16.9 Å². The van der Waals surface area contributed by atoms with Gasteiger partial charge in [-0.2, -0.15) is 0 Å². The summed E-state index contributed by atoms with van der Waals surface area (Å²) in [5.41, 5.74) is 4.08. The Morgan fingerprint density at radius 2 is 1.88 bits per heavy atom. The van der Waals surface area contributed by atoms with Crippen molar-refractivity contribution < 1.29 is 4.79 Å². The largest absolute Gasteiger partial charge is 0.367 e. The van der Waals surface area contributed by atoms with Crippen LogP contribution in [0, 0.1) is 0 Å². The number of carbonyl (C=O) groups excluding carboxylic acids is 1. The summed E-state index contributed by atoms with van der Waals surface area (Å²) in [5.74, 6) is 0.734. The molecule has 0 bridgehead atoms. The Morgan fingerprint density at radius 3 is 2.62 bits per heavy atom. The highest BCUT2D eigenvalue weighted by Crippen LogP contribution is 2.39. The van der Waals surface area contributed by atoms with Crippen LogP contribution in [0.1, 0.15) is 34.8 Å². The maximum absolute atomic E-state index is 12.5. The van der Waals surface area contributed by atoms with Gasteiger partial charge in [0.15, 0.2) is 0 Å². The molecule has 0 aromatic carbocycles. The van der Waals surface area contributed by atoms with Crippen molar-refractivity contribution in [2.45, 2.75) is 18.8 Å². The van der Waals surface area contributed by atoms with Gasteiger partial charge < -0.3 is 14.2 Å². The zero-order chi connectivity index (χ0) is 17.5. The molecule has 1 saturated heterocycles. The molecule has 5 rings (SSSR count). The minimum Gasteiger partial charge on any atom is -0.367 e. The van der Waals surface area contributed by atoms with Crippen molar-refractivity contribution in [3.63, 3.8) is 0 Å². The number of amides is 1. The SMILES string of the molecule is O=C(c1cccnc1)N1CCN(c2ccc3nc(C4CC4)cn3c2)CC1. The van der Waals surface area contributed by atoms with E-state index in [2.05, 4.69) is 38.8 Å². The smallest absolute Gasteiger partial charge is 0.255 e. The van der Waals surface area contributed by atoms with Gasteiger partial charge in [-0.15, -0.1) is 0 Å². The van der Waals surface area contributed by atoms with E-state index in [0.717, 1.165) is 31.8 Å². The van der Waals surface area contributed by atoms with Crippen LogP contribution in [0.15, 0.2) is 49.1 Å². The molecule has 26 heavy (non-hydrogen) atoms. The van der Waals surface area contributed by atoms with E-state index >= 15 is 0 Å². The number of fused-ring (bicyclic) bond motifs is 1. The summed E-state index contributed by atoms with van der Waals surface area (Å²) in [6.45, 7) is 3.12. The first-order valence-corrected chi connectivity index (χ1v) is 9.21. The third-order valence-electron chi connectivity index (χ3n) is 5.29. The number of rotatable bonds is 3. The van der Waals surface area contributed by atoms with Crippen LogP contribution in [-0.2, 0) is 0 Å². The molecule has 0 atom stereocenters. The lowest BCUT2D eigenvalue weighted by Gasteiger charge is -2.36. The summed E-state index contributed by atoms with van der Waals surface area (Å²) in [6, 6.07) is 7.86. The van der Waals surface area contributed by atoms with Crippen molar-refractivity contribution in [1.82, 2.24) is 19.3 Å². The molecule has 4 heterocycles. The van der Waals surface area contributed by atoms with Crippen molar-refractivity contribution in [1.29, 1.82) is 0 Å². The predicted octanol–water partition coefficient (Wildman–Crippen LogP) is 2.57. The molecule has 1 amide bonds. The van der Waals surface area contributed by atoms with E-state index in [0.29, 0.717) is 11.5 Å². The molecule has 132 valence electrons. The number of pyridine rings is 2. The van der Waals surface area contributed by atoms with Crippen LogP contribution in [-0.4, -0.2) is 51.4 Å². The van der Waals surface area contributed by atoms with Crippen molar-refractivity contribution >= 4 is 17.2 Å². The topological polar surface area (TPSA) is 53.7 Å². The van der Waals surface area contributed by atoms with Gasteiger partial charge >= 0.3 is 0 Å². The lowest BCUT2D eigenvalue weighted by atomic mass is 10.2. The maximum Gasteiger partial charge on any atom is 0.255 e. The minimum absolute atomic E-state index is 0.0666. The Balaban J connectivity index is 1.29. The molecule has 2 fully saturated rings. The number of aromatic nitrogens is 3. The molecule has 6 nitrogen and oxygen atoms in total. The van der Waals surface area contributed by atoms with Crippen LogP contribution < -0.4 is 4.90 Å². The molecule has 6 heteroatoms. The van der Waals surface area contributed by atoms with Gasteiger partial charge in [0.25, 0.3) is 5.91 Å². The summed E-state index contributed by atoms with van der Waals surface area (Å²) in [6.07, 6.45) is 10.2. The molecule has 1 aliphatic heterocycles. The van der Waals surface area contributed by atoms with E-state index in [9.17, 15) is 4.79 Å². The van der Waals surface area contributed by atoms with Crippen LogP contribution in [0.5, 0.6) is 0 Å². The van der Waals surface area contributed by atoms with Gasteiger partial charge in [-0.1, -0.05) is 0 Å². The summed E-state index contributed by atoms with van der Waals surface area (Å²) >= 11 is 0. The summed E-state index contributed by atoms with van der Waals surface area (Å²) < 4.78 is 2.14. The Hall–Kier alpha value is -2.89. The Labute approximate surface area is 152 Å². The lowest BCUT2D eigenvalue weighted by Crippen LogP contribution is -2.48. The third-order valence-corrected chi connectivity index (χ3v) is 5.29. The molecule has 2 aliphatic rings. The fraction of sp³-hybridized carbons (Fsp3) is 0.350. The third kappa shape index (κ3) is 2.81. The van der Waals surface area contributed by atoms with Gasteiger partial charge in [0.1, 0.15) is 5.65 Å². The average molecular weight is 347 g/mol. The van der Waals surface area contributed by atoms with E-state index < -0.39 is 0 Å². The Morgan fingerprint density at radius 1 is 1.04 bits per heavy atom. The highest BCUT2D eigenvalue weighted by molar-refractivity contribution is 5.94. The second kappa shape index (κ2) is 6.12. The number of anilines is 1. The van der Waals surface area contributed by atoms with Crippen molar-refractivity contribution in [2.75, 3.05) is 31.1 Å². The molecular weight excluding hydrogens is 326 g/mol. The molecule has 0 spiro atoms. The normalized spacial score (nSPS) is 17.7. The quantitative estimate of drug-likeness (QED) is 0.731. The zero-order valence-corrected chi connectivity index (χ0v) is 14.6. The number of carbonyl (C=O) groups is 1. The average Bonchev–Trinajstić information content (AvgIpc) is 3.47. The number of imidazole rings is 1. The molecule has 0 radical (unpaired) electrons. The number of hydrogen-bond acceptors (Lipinski definition) is 4. The van der Waals surface area contributed by atoms with Crippen LogP contribution in [0.2, 0.25) is 0 Å². The number of piperazine rings is 1. The molecule has 0 unspecified atom stereocenters. The maximum atomic E-state index is 12.5. The van der Waals surface area contributed by atoms with Gasteiger partial charge in [0, 0.05) is 56.9 Å². The first-order chi connectivity index (χ1) is 12.8. The standard InChI is InChI=1S/C20H21N5O/c26-20(16-2-1-7-21-12-16)24-10-8-23(9-11-24)17-5-6-19-22-18(15-3-4-15)14-25(19)13-17/h1-2,5-7,12-15H,3-4,8-11H2. The van der Waals surface area contributed by atoms with Crippen molar-refractivity contribution in [2.24, 2.45) is 0 Å². The van der Waals surface area contributed by atoms with E-state index in [1.165, 1.54) is 24.2 Å². The fourth-order valence-corrected chi connectivity index (χ4v) is 3.60. The zero-order valence-electron chi connectivity index (χ0n) is 14.6. The highest BCUT2D eigenvalue weighted by atomic mass is 16.2. The van der Waals surface area contributed by atoms with Gasteiger partial charge in [-0.05, 0) is 37.1 Å². The molecule has 0 N–H and O–H groups in total. The van der Waals surface area contributed by atoms with E-state index in [1.807, 2.05) is 11.0 Å². The molecule has 1 saturated carbocycles. The Bertz CT molecular complexity index is 939. The second-order valence-corrected chi connectivity index (χ2v) is 7.11. The van der Waals surface area contributed by atoms with Crippen molar-refractivity contribution in [3.8, 4) is 0 Å². The first kappa shape index (κ1) is 15.4. The molecule has 3 aromatic rings. The predicted molar refractivity (Wildman–Crippen MR) is 99.5 cm³/mol. The fourth-order valence-electron chi connectivity index (χ4n) is 3.60. The summed E-state index contributed by atoms with van der Waals surface area (Å²) in [7, 11) is 0. The van der Waals surface area contributed by atoms with Gasteiger partial charge in [-0.3, -0.25) is 9.78 Å². The van der Waals surface area contributed by atoms with Crippen LogP contribution in [0.4, 0.5) is 5.69 Å². The van der Waals surface area contributed by atoms with E-state index in [1.54, 1.807) is 18.5 Å². The first-order valence-electron chi connectivity index (χ1n) is 9.21. The molecular formula is C20H21N5O. The van der Waals surface area contributed by atoms with Crippen LogP contribution in [0.3, 0.4) is 0 Å². The highest BCUT2D eigenvalue weighted by Gasteiger charge is 2.26. The van der Waals surface area contributed by atoms with Crippen LogP contribution >= 0.6 is 0 Å².